The van der Waals surface area contributed by atoms with Crippen molar-refractivity contribution >= 4 is 29.1 Å². The van der Waals surface area contributed by atoms with E-state index in [9.17, 15) is 4.79 Å². The molecular weight excluding hydrogens is 323 g/mol. The second-order valence-corrected chi connectivity index (χ2v) is 6.23. The zero-order valence-corrected chi connectivity index (χ0v) is 13.5. The summed E-state index contributed by atoms with van der Waals surface area (Å²) in [5, 5.41) is 8.88. The van der Waals surface area contributed by atoms with Gasteiger partial charge in [0.05, 0.1) is 22.3 Å². The smallest absolute Gasteiger partial charge is 0.222 e. The van der Waals surface area contributed by atoms with Crippen LogP contribution in [0.5, 0.6) is 0 Å². The van der Waals surface area contributed by atoms with Gasteiger partial charge in [-0.05, 0) is 30.5 Å². The highest BCUT2D eigenvalue weighted by Crippen LogP contribution is 2.24. The van der Waals surface area contributed by atoms with Crippen LogP contribution in [0.15, 0.2) is 30.6 Å². The molecule has 2 heterocycles. The van der Waals surface area contributed by atoms with Crippen LogP contribution in [0.2, 0.25) is 10.0 Å². The van der Waals surface area contributed by atoms with Crippen LogP contribution in [0.4, 0.5) is 0 Å². The van der Waals surface area contributed by atoms with Gasteiger partial charge in [0.2, 0.25) is 5.91 Å². The highest BCUT2D eigenvalue weighted by atomic mass is 35.5. The molecule has 0 spiro atoms. The third-order valence-corrected chi connectivity index (χ3v) is 4.68. The highest BCUT2D eigenvalue weighted by Gasteiger charge is 2.27. The van der Waals surface area contributed by atoms with Crippen molar-refractivity contribution in [1.29, 1.82) is 0 Å². The van der Waals surface area contributed by atoms with Gasteiger partial charge in [0.15, 0.2) is 0 Å². The number of carbonyl (C=O) groups excluding carboxylic acids is 1. The number of hydrogen-bond donors (Lipinski definition) is 0. The summed E-state index contributed by atoms with van der Waals surface area (Å²) in [5.74, 6) is 0.161. The van der Waals surface area contributed by atoms with Crippen molar-refractivity contribution in [3.05, 3.63) is 46.2 Å². The van der Waals surface area contributed by atoms with Crippen LogP contribution in [-0.4, -0.2) is 38.9 Å². The maximum absolute atomic E-state index is 12.3. The maximum atomic E-state index is 12.3. The minimum Gasteiger partial charge on any atom is -0.340 e. The lowest BCUT2D eigenvalue weighted by Gasteiger charge is -2.16. The number of likely N-dealkylation sites (tertiary alicyclic amines) is 1. The number of amides is 1. The average molecular weight is 339 g/mol. The average Bonchev–Trinajstić information content (AvgIpc) is 3.18. The van der Waals surface area contributed by atoms with Gasteiger partial charge in [0, 0.05) is 25.7 Å². The number of aryl methyl sites for hydroxylation is 1. The Balaban J connectivity index is 1.53. The maximum Gasteiger partial charge on any atom is 0.222 e. The molecule has 1 atom stereocenters. The van der Waals surface area contributed by atoms with Crippen LogP contribution < -0.4 is 0 Å². The van der Waals surface area contributed by atoms with E-state index in [4.69, 9.17) is 23.2 Å². The van der Waals surface area contributed by atoms with E-state index in [0.717, 1.165) is 18.5 Å². The summed E-state index contributed by atoms with van der Waals surface area (Å²) in [7, 11) is 0. The topological polar surface area (TPSA) is 51.0 Å². The number of halogens is 2. The molecule has 0 saturated carbocycles. The minimum atomic E-state index is 0.161. The molecule has 0 bridgehead atoms. The lowest BCUT2D eigenvalue weighted by Crippen LogP contribution is -2.29. The summed E-state index contributed by atoms with van der Waals surface area (Å²) >= 11 is 11.9. The molecule has 0 radical (unpaired) electrons. The highest BCUT2D eigenvalue weighted by molar-refractivity contribution is 6.42. The van der Waals surface area contributed by atoms with Gasteiger partial charge in [0.25, 0.3) is 0 Å². The molecule has 1 saturated heterocycles. The molecule has 1 aliphatic heterocycles. The van der Waals surface area contributed by atoms with Crippen molar-refractivity contribution in [2.75, 3.05) is 13.1 Å². The van der Waals surface area contributed by atoms with Crippen LogP contribution >= 0.6 is 23.2 Å². The van der Waals surface area contributed by atoms with Crippen LogP contribution in [0, 0.1) is 0 Å². The Morgan fingerprint density at radius 2 is 2.18 bits per heavy atom. The molecule has 2 aromatic rings. The van der Waals surface area contributed by atoms with Crippen LogP contribution in [0.1, 0.15) is 24.4 Å². The van der Waals surface area contributed by atoms with E-state index in [2.05, 4.69) is 10.3 Å². The van der Waals surface area contributed by atoms with E-state index in [1.165, 1.54) is 0 Å². The molecule has 22 heavy (non-hydrogen) atoms. The van der Waals surface area contributed by atoms with Crippen molar-refractivity contribution in [2.45, 2.75) is 25.3 Å². The largest absolute Gasteiger partial charge is 0.340 e. The molecule has 0 aliphatic carbocycles. The fourth-order valence-electron chi connectivity index (χ4n) is 2.70. The lowest BCUT2D eigenvalue weighted by molar-refractivity contribution is -0.130. The molecule has 3 rings (SSSR count). The molecule has 1 aliphatic rings. The predicted molar refractivity (Wildman–Crippen MR) is 85.0 cm³/mol. The summed E-state index contributed by atoms with van der Waals surface area (Å²) in [6, 6.07) is 5.72. The van der Waals surface area contributed by atoms with E-state index < -0.39 is 0 Å². The fraction of sp³-hybridized carbons (Fsp3) is 0.400. The first-order valence-corrected chi connectivity index (χ1v) is 7.96. The minimum absolute atomic E-state index is 0.161. The van der Waals surface area contributed by atoms with Crippen LogP contribution in [0.3, 0.4) is 0 Å². The van der Waals surface area contributed by atoms with Crippen molar-refractivity contribution in [3.8, 4) is 0 Å². The van der Waals surface area contributed by atoms with Crippen LogP contribution in [-0.2, 0) is 11.2 Å². The fourth-order valence-corrected chi connectivity index (χ4v) is 3.02. The molecular formula is C15H16Cl2N4O. The zero-order valence-electron chi connectivity index (χ0n) is 12.0. The van der Waals surface area contributed by atoms with E-state index in [1.807, 2.05) is 27.9 Å². The van der Waals surface area contributed by atoms with Crippen molar-refractivity contribution < 1.29 is 4.79 Å². The first-order valence-electron chi connectivity index (χ1n) is 7.21. The third kappa shape index (κ3) is 3.42. The molecule has 1 aromatic heterocycles. The van der Waals surface area contributed by atoms with Gasteiger partial charge >= 0.3 is 0 Å². The number of nitrogens with zero attached hydrogens (tertiary/aromatic N) is 4. The van der Waals surface area contributed by atoms with Crippen molar-refractivity contribution in [2.24, 2.45) is 0 Å². The molecule has 0 unspecified atom stereocenters. The molecule has 1 amide bonds. The van der Waals surface area contributed by atoms with E-state index in [0.29, 0.717) is 29.4 Å². The Morgan fingerprint density at radius 1 is 1.32 bits per heavy atom. The molecule has 1 aromatic carbocycles. The summed E-state index contributed by atoms with van der Waals surface area (Å²) in [6.45, 7) is 1.47. The van der Waals surface area contributed by atoms with E-state index in [-0.39, 0.29) is 11.9 Å². The van der Waals surface area contributed by atoms with Gasteiger partial charge in [0.1, 0.15) is 0 Å². The lowest BCUT2D eigenvalue weighted by atomic mass is 10.1. The molecule has 7 heteroatoms. The standard InChI is InChI=1S/C15H16Cl2N4O/c16-13-3-1-11(9-14(13)17)2-4-15(22)20-7-5-12(10-20)21-8-6-18-19-21/h1,3,6,8-9,12H,2,4-5,7,10H2/t12-/m1/s1. The molecule has 0 N–H and O–H groups in total. The summed E-state index contributed by atoms with van der Waals surface area (Å²) in [4.78, 5) is 14.2. The Bertz CT molecular complexity index is 660. The first kappa shape index (κ1) is 15.3. The van der Waals surface area contributed by atoms with Gasteiger partial charge in [-0.25, -0.2) is 4.68 Å². The van der Waals surface area contributed by atoms with Crippen LogP contribution in [0.25, 0.3) is 0 Å². The van der Waals surface area contributed by atoms with E-state index in [1.54, 1.807) is 12.3 Å². The molecule has 1 fully saturated rings. The predicted octanol–water partition coefficient (Wildman–Crippen LogP) is 2.99. The van der Waals surface area contributed by atoms with Gasteiger partial charge in [-0.15, -0.1) is 5.10 Å². The van der Waals surface area contributed by atoms with E-state index >= 15 is 0 Å². The normalized spacial score (nSPS) is 17.9. The van der Waals surface area contributed by atoms with Gasteiger partial charge < -0.3 is 4.90 Å². The number of hydrogen-bond acceptors (Lipinski definition) is 3. The Hall–Kier alpha value is -1.59. The number of carbonyl (C=O) groups is 1. The number of benzene rings is 1. The Morgan fingerprint density at radius 3 is 2.91 bits per heavy atom. The summed E-state index contributed by atoms with van der Waals surface area (Å²) < 4.78 is 1.83. The van der Waals surface area contributed by atoms with Crippen molar-refractivity contribution in [3.63, 3.8) is 0 Å². The zero-order chi connectivity index (χ0) is 15.5. The molecule has 116 valence electrons. The number of rotatable bonds is 4. The third-order valence-electron chi connectivity index (χ3n) is 3.94. The van der Waals surface area contributed by atoms with Gasteiger partial charge in [-0.3, -0.25) is 4.79 Å². The molecule has 5 nitrogen and oxygen atoms in total. The summed E-state index contributed by atoms with van der Waals surface area (Å²) in [5.41, 5.74) is 1.02. The number of aromatic nitrogens is 3. The second-order valence-electron chi connectivity index (χ2n) is 5.41. The quantitative estimate of drug-likeness (QED) is 0.860. The van der Waals surface area contributed by atoms with Crippen molar-refractivity contribution in [1.82, 2.24) is 19.9 Å². The second kappa shape index (κ2) is 6.67. The van der Waals surface area contributed by atoms with Gasteiger partial charge in [-0.1, -0.05) is 34.5 Å². The monoisotopic (exact) mass is 338 g/mol. The first-order chi connectivity index (χ1) is 10.6. The SMILES string of the molecule is O=C(CCc1ccc(Cl)c(Cl)c1)N1CC[C@@H](n2ccnn2)C1. The van der Waals surface area contributed by atoms with Gasteiger partial charge in [-0.2, -0.15) is 0 Å². The Kier molecular flexibility index (Phi) is 4.64. The Labute approximate surface area is 138 Å². The summed E-state index contributed by atoms with van der Waals surface area (Å²) in [6.07, 6.45) is 5.56.